The van der Waals surface area contributed by atoms with Crippen LogP contribution in [0, 0.1) is 5.82 Å². The number of benzene rings is 2. The summed E-state index contributed by atoms with van der Waals surface area (Å²) < 4.78 is 19.8. The van der Waals surface area contributed by atoms with E-state index < -0.39 is 6.04 Å². The Bertz CT molecular complexity index is 1060. The van der Waals surface area contributed by atoms with Gasteiger partial charge in [-0.1, -0.05) is 41.9 Å². The Morgan fingerprint density at radius 2 is 1.85 bits per heavy atom. The van der Waals surface area contributed by atoms with Crippen molar-refractivity contribution in [3.05, 3.63) is 70.5 Å². The summed E-state index contributed by atoms with van der Waals surface area (Å²) in [6.07, 6.45) is 0.363. The molecule has 9 heteroatoms. The van der Waals surface area contributed by atoms with Gasteiger partial charge in [-0.05, 0) is 23.8 Å². The molecular formula is C25H28ClFN4O3. The number of hydrogen-bond donors (Lipinski definition) is 0. The SMILES string of the molecule is CC(=O)N(CCN1CCOCC1)CC(=O)N1N=C(c2ccccc2F)CC1c1ccc(Cl)cc1. The van der Waals surface area contributed by atoms with Crippen LogP contribution in [0.15, 0.2) is 53.6 Å². The zero-order valence-corrected chi connectivity index (χ0v) is 19.9. The van der Waals surface area contributed by atoms with Gasteiger partial charge in [0.05, 0.1) is 25.0 Å². The lowest BCUT2D eigenvalue weighted by Crippen LogP contribution is -2.45. The maximum Gasteiger partial charge on any atom is 0.262 e. The molecule has 2 aliphatic heterocycles. The van der Waals surface area contributed by atoms with Gasteiger partial charge >= 0.3 is 0 Å². The first-order valence-corrected chi connectivity index (χ1v) is 11.8. The van der Waals surface area contributed by atoms with Crippen LogP contribution in [0.5, 0.6) is 0 Å². The highest BCUT2D eigenvalue weighted by Crippen LogP contribution is 2.34. The second-order valence-electron chi connectivity index (χ2n) is 8.43. The first-order valence-electron chi connectivity index (χ1n) is 11.4. The average molecular weight is 487 g/mol. The van der Waals surface area contributed by atoms with Crippen LogP contribution in [0.25, 0.3) is 0 Å². The highest BCUT2D eigenvalue weighted by molar-refractivity contribution is 6.30. The second-order valence-corrected chi connectivity index (χ2v) is 8.87. The molecule has 2 amide bonds. The molecule has 0 bridgehead atoms. The standard InChI is InChI=1S/C25H28ClFN4O3/c1-18(32)30(11-10-29-12-14-34-15-13-29)17-25(33)31-24(19-6-8-20(26)9-7-19)16-23(28-31)21-4-2-3-5-22(21)27/h2-9,24H,10-17H2,1H3. The quantitative estimate of drug-likeness (QED) is 0.602. The minimum atomic E-state index is -0.410. The third kappa shape index (κ3) is 5.81. The molecule has 7 nitrogen and oxygen atoms in total. The number of carbonyl (C=O) groups excluding carboxylic acids is 2. The number of morpholine rings is 1. The van der Waals surface area contributed by atoms with E-state index in [2.05, 4.69) is 10.0 Å². The van der Waals surface area contributed by atoms with Crippen molar-refractivity contribution in [3.63, 3.8) is 0 Å². The van der Waals surface area contributed by atoms with E-state index in [1.807, 2.05) is 12.1 Å². The molecule has 0 spiro atoms. The minimum Gasteiger partial charge on any atom is -0.379 e. The Balaban J connectivity index is 1.53. The lowest BCUT2D eigenvalue weighted by atomic mass is 9.98. The molecule has 0 aromatic heterocycles. The summed E-state index contributed by atoms with van der Waals surface area (Å²) >= 11 is 6.05. The molecule has 1 fully saturated rings. The summed E-state index contributed by atoms with van der Waals surface area (Å²) in [5, 5.41) is 6.49. The van der Waals surface area contributed by atoms with E-state index in [1.165, 1.54) is 22.9 Å². The molecule has 4 rings (SSSR count). The molecule has 1 atom stereocenters. The molecule has 2 aromatic rings. The number of carbonyl (C=O) groups is 2. The summed E-state index contributed by atoms with van der Waals surface area (Å²) in [6.45, 7) is 5.41. The lowest BCUT2D eigenvalue weighted by Gasteiger charge is -2.30. The maximum absolute atomic E-state index is 14.5. The van der Waals surface area contributed by atoms with E-state index in [0.717, 1.165) is 18.7 Å². The molecule has 1 unspecified atom stereocenters. The Hall–Kier alpha value is -2.81. The number of rotatable bonds is 7. The van der Waals surface area contributed by atoms with Crippen LogP contribution in [-0.2, 0) is 14.3 Å². The fraction of sp³-hybridized carbons (Fsp3) is 0.400. The van der Waals surface area contributed by atoms with Crippen LogP contribution in [-0.4, -0.2) is 78.3 Å². The van der Waals surface area contributed by atoms with Crippen molar-refractivity contribution in [2.75, 3.05) is 45.9 Å². The van der Waals surface area contributed by atoms with Crippen molar-refractivity contribution in [1.82, 2.24) is 14.8 Å². The Kier molecular flexibility index (Phi) is 7.92. The van der Waals surface area contributed by atoms with Gasteiger partial charge in [0.15, 0.2) is 0 Å². The van der Waals surface area contributed by atoms with Crippen LogP contribution in [0.2, 0.25) is 5.02 Å². The number of ether oxygens (including phenoxy) is 1. The molecular weight excluding hydrogens is 459 g/mol. The van der Waals surface area contributed by atoms with Gasteiger partial charge in [-0.25, -0.2) is 9.40 Å². The molecule has 34 heavy (non-hydrogen) atoms. The maximum atomic E-state index is 14.5. The van der Waals surface area contributed by atoms with E-state index in [1.54, 1.807) is 30.3 Å². The van der Waals surface area contributed by atoms with Crippen LogP contribution in [0.4, 0.5) is 4.39 Å². The van der Waals surface area contributed by atoms with Gasteiger partial charge in [0.25, 0.3) is 5.91 Å². The van der Waals surface area contributed by atoms with Gasteiger partial charge in [-0.2, -0.15) is 5.10 Å². The van der Waals surface area contributed by atoms with Crippen LogP contribution in [0.3, 0.4) is 0 Å². The summed E-state index contributed by atoms with van der Waals surface area (Å²) in [6, 6.07) is 13.2. The minimum absolute atomic E-state index is 0.0994. The van der Waals surface area contributed by atoms with Crippen molar-refractivity contribution >= 4 is 29.1 Å². The normalized spacial score (nSPS) is 18.6. The molecule has 0 aliphatic carbocycles. The van der Waals surface area contributed by atoms with Gasteiger partial charge in [0.1, 0.15) is 12.4 Å². The smallest absolute Gasteiger partial charge is 0.262 e. The summed E-state index contributed by atoms with van der Waals surface area (Å²) in [7, 11) is 0. The van der Waals surface area contributed by atoms with Crippen molar-refractivity contribution < 1.29 is 18.7 Å². The Morgan fingerprint density at radius 1 is 1.15 bits per heavy atom. The van der Waals surface area contributed by atoms with Crippen LogP contribution >= 0.6 is 11.6 Å². The molecule has 2 heterocycles. The number of hydrogen-bond acceptors (Lipinski definition) is 5. The van der Waals surface area contributed by atoms with Crippen molar-refractivity contribution in [2.24, 2.45) is 5.10 Å². The lowest BCUT2D eigenvalue weighted by molar-refractivity contribution is -0.140. The Morgan fingerprint density at radius 3 is 2.53 bits per heavy atom. The highest BCUT2D eigenvalue weighted by atomic mass is 35.5. The third-order valence-corrected chi connectivity index (χ3v) is 6.42. The highest BCUT2D eigenvalue weighted by Gasteiger charge is 2.34. The predicted molar refractivity (Wildman–Crippen MR) is 128 cm³/mol. The summed E-state index contributed by atoms with van der Waals surface area (Å²) in [5.41, 5.74) is 1.71. The summed E-state index contributed by atoms with van der Waals surface area (Å²) in [5.74, 6) is -0.882. The molecule has 0 radical (unpaired) electrons. The monoisotopic (exact) mass is 486 g/mol. The Labute approximate surface area is 203 Å². The number of nitrogens with zero attached hydrogens (tertiary/aromatic N) is 4. The number of halogens is 2. The van der Waals surface area contributed by atoms with Crippen LogP contribution in [0.1, 0.15) is 30.5 Å². The van der Waals surface area contributed by atoms with E-state index >= 15 is 0 Å². The fourth-order valence-electron chi connectivity index (χ4n) is 4.21. The molecule has 0 saturated carbocycles. The van der Waals surface area contributed by atoms with Gasteiger partial charge in [0.2, 0.25) is 5.91 Å². The number of hydrazone groups is 1. The van der Waals surface area contributed by atoms with Crippen LogP contribution < -0.4 is 0 Å². The fourth-order valence-corrected chi connectivity index (χ4v) is 4.34. The van der Waals surface area contributed by atoms with E-state index in [0.29, 0.717) is 49.0 Å². The van der Waals surface area contributed by atoms with Gasteiger partial charge in [-0.3, -0.25) is 14.5 Å². The van der Waals surface area contributed by atoms with Crippen molar-refractivity contribution in [2.45, 2.75) is 19.4 Å². The zero-order chi connectivity index (χ0) is 24.1. The van der Waals surface area contributed by atoms with Gasteiger partial charge < -0.3 is 9.64 Å². The van der Waals surface area contributed by atoms with E-state index in [9.17, 15) is 14.0 Å². The second kappa shape index (κ2) is 11.1. The first-order chi connectivity index (χ1) is 16.4. The van der Waals surface area contributed by atoms with Gasteiger partial charge in [-0.15, -0.1) is 0 Å². The largest absolute Gasteiger partial charge is 0.379 e. The molecule has 1 saturated heterocycles. The molecule has 2 aliphatic rings. The first kappa shape index (κ1) is 24.3. The zero-order valence-electron chi connectivity index (χ0n) is 19.1. The predicted octanol–water partition coefficient (Wildman–Crippen LogP) is 3.34. The average Bonchev–Trinajstić information content (AvgIpc) is 3.28. The number of amides is 2. The van der Waals surface area contributed by atoms with E-state index in [-0.39, 0.29) is 24.2 Å². The van der Waals surface area contributed by atoms with E-state index in [4.69, 9.17) is 16.3 Å². The van der Waals surface area contributed by atoms with Gasteiger partial charge in [0, 0.05) is 50.1 Å². The molecule has 2 aromatic carbocycles. The van der Waals surface area contributed by atoms with Crippen molar-refractivity contribution in [1.29, 1.82) is 0 Å². The third-order valence-electron chi connectivity index (χ3n) is 6.17. The van der Waals surface area contributed by atoms with Crippen molar-refractivity contribution in [3.8, 4) is 0 Å². The summed E-state index contributed by atoms with van der Waals surface area (Å²) in [4.78, 5) is 29.4. The molecule has 180 valence electrons. The topological polar surface area (TPSA) is 65.5 Å². The molecule has 0 N–H and O–H groups in total.